The number of para-hydroxylation sites is 1. The predicted octanol–water partition coefficient (Wildman–Crippen LogP) is 3.45. The van der Waals surface area contributed by atoms with Crippen molar-refractivity contribution in [2.45, 2.75) is 39.3 Å². The third kappa shape index (κ3) is 3.66. The molecule has 1 aliphatic rings. The Morgan fingerprint density at radius 3 is 3.00 bits per heavy atom. The lowest BCUT2D eigenvalue weighted by molar-refractivity contribution is 0.0929. The summed E-state index contributed by atoms with van der Waals surface area (Å²) in [7, 11) is 0. The van der Waals surface area contributed by atoms with Crippen LogP contribution in [0.15, 0.2) is 18.2 Å². The molecular formula is C16H25ClN2O. The van der Waals surface area contributed by atoms with Crippen LogP contribution < -0.4 is 10.2 Å². The number of hydrogen-bond donors (Lipinski definition) is 1. The normalized spacial score (nSPS) is 19.4. The lowest BCUT2D eigenvalue weighted by atomic mass is 10.1. The molecule has 1 heterocycles. The van der Waals surface area contributed by atoms with Crippen LogP contribution in [0.5, 0.6) is 0 Å². The molecule has 1 N–H and O–H groups in total. The molecule has 20 heavy (non-hydrogen) atoms. The van der Waals surface area contributed by atoms with E-state index in [4.69, 9.17) is 16.3 Å². The molecule has 1 fully saturated rings. The van der Waals surface area contributed by atoms with Gasteiger partial charge in [-0.2, -0.15) is 0 Å². The zero-order valence-corrected chi connectivity index (χ0v) is 13.2. The fourth-order valence-corrected chi connectivity index (χ4v) is 3.01. The standard InChI is InChI=1S/C16H25ClN2O/c1-3-8-18-11-13-6-5-7-15(17)16(13)19-9-10-20-12-14(19)4-2/h5-7,14,18H,3-4,8-12H2,1-2H3. The van der Waals surface area contributed by atoms with E-state index in [2.05, 4.69) is 30.1 Å². The molecule has 0 aromatic heterocycles. The van der Waals surface area contributed by atoms with Crippen molar-refractivity contribution >= 4 is 17.3 Å². The maximum atomic E-state index is 6.49. The second kappa shape index (κ2) is 7.87. The van der Waals surface area contributed by atoms with Crippen molar-refractivity contribution in [1.82, 2.24) is 5.32 Å². The van der Waals surface area contributed by atoms with Crippen molar-refractivity contribution < 1.29 is 4.74 Å². The van der Waals surface area contributed by atoms with E-state index in [1.54, 1.807) is 0 Å². The first-order valence-electron chi connectivity index (χ1n) is 7.60. The summed E-state index contributed by atoms with van der Waals surface area (Å²) in [5.74, 6) is 0. The summed E-state index contributed by atoms with van der Waals surface area (Å²) in [4.78, 5) is 2.43. The van der Waals surface area contributed by atoms with Gasteiger partial charge in [-0.3, -0.25) is 0 Å². The van der Waals surface area contributed by atoms with Crippen molar-refractivity contribution in [3.05, 3.63) is 28.8 Å². The number of nitrogens with one attached hydrogen (secondary N) is 1. The van der Waals surface area contributed by atoms with E-state index in [0.717, 1.165) is 50.7 Å². The molecule has 112 valence electrons. The first kappa shape index (κ1) is 15.6. The van der Waals surface area contributed by atoms with Crippen LogP contribution in [0.2, 0.25) is 5.02 Å². The molecule has 1 aromatic carbocycles. The second-order valence-electron chi connectivity index (χ2n) is 5.25. The summed E-state index contributed by atoms with van der Waals surface area (Å²) < 4.78 is 5.60. The van der Waals surface area contributed by atoms with Gasteiger partial charge in [-0.25, -0.2) is 0 Å². The van der Waals surface area contributed by atoms with E-state index in [9.17, 15) is 0 Å². The van der Waals surface area contributed by atoms with E-state index in [0.29, 0.717) is 6.04 Å². The summed E-state index contributed by atoms with van der Waals surface area (Å²) >= 11 is 6.49. The van der Waals surface area contributed by atoms with Crippen LogP contribution in [-0.2, 0) is 11.3 Å². The predicted molar refractivity (Wildman–Crippen MR) is 85.7 cm³/mol. The summed E-state index contributed by atoms with van der Waals surface area (Å²) in [5.41, 5.74) is 2.47. The minimum absolute atomic E-state index is 0.425. The molecule has 0 radical (unpaired) electrons. The smallest absolute Gasteiger partial charge is 0.0670 e. The number of hydrogen-bond acceptors (Lipinski definition) is 3. The maximum Gasteiger partial charge on any atom is 0.0670 e. The van der Waals surface area contributed by atoms with Crippen LogP contribution in [0.25, 0.3) is 0 Å². The highest BCUT2D eigenvalue weighted by atomic mass is 35.5. The lowest BCUT2D eigenvalue weighted by Gasteiger charge is -2.38. The van der Waals surface area contributed by atoms with Gasteiger partial charge in [-0.1, -0.05) is 37.6 Å². The van der Waals surface area contributed by atoms with Crippen LogP contribution in [0, 0.1) is 0 Å². The number of nitrogens with zero attached hydrogens (tertiary/aromatic N) is 1. The number of anilines is 1. The Kier molecular flexibility index (Phi) is 6.14. The average Bonchev–Trinajstić information content (AvgIpc) is 2.48. The summed E-state index contributed by atoms with van der Waals surface area (Å²) in [6, 6.07) is 6.62. The molecule has 3 nitrogen and oxygen atoms in total. The molecule has 2 rings (SSSR count). The van der Waals surface area contributed by atoms with Gasteiger partial charge in [0.1, 0.15) is 0 Å². The highest BCUT2D eigenvalue weighted by Crippen LogP contribution is 2.33. The summed E-state index contributed by atoms with van der Waals surface area (Å²) in [6.07, 6.45) is 2.22. The molecule has 1 aromatic rings. The maximum absolute atomic E-state index is 6.49. The molecule has 4 heteroatoms. The van der Waals surface area contributed by atoms with Gasteiger partial charge in [0.25, 0.3) is 0 Å². The second-order valence-corrected chi connectivity index (χ2v) is 5.66. The fourth-order valence-electron chi connectivity index (χ4n) is 2.71. The Morgan fingerprint density at radius 1 is 1.40 bits per heavy atom. The monoisotopic (exact) mass is 296 g/mol. The number of halogens is 1. The van der Waals surface area contributed by atoms with Crippen LogP contribution in [0.4, 0.5) is 5.69 Å². The highest BCUT2D eigenvalue weighted by Gasteiger charge is 2.25. The van der Waals surface area contributed by atoms with E-state index in [1.165, 1.54) is 11.3 Å². The SMILES string of the molecule is CCCNCc1cccc(Cl)c1N1CCOCC1CC. The fraction of sp³-hybridized carbons (Fsp3) is 0.625. The summed E-state index contributed by atoms with van der Waals surface area (Å²) in [5, 5.41) is 4.32. The van der Waals surface area contributed by atoms with Crippen LogP contribution in [-0.4, -0.2) is 32.3 Å². The highest BCUT2D eigenvalue weighted by molar-refractivity contribution is 6.33. The van der Waals surface area contributed by atoms with Crippen molar-refractivity contribution in [3.8, 4) is 0 Å². The Morgan fingerprint density at radius 2 is 2.25 bits per heavy atom. The Hall–Kier alpha value is -0.770. The third-order valence-electron chi connectivity index (χ3n) is 3.80. The minimum atomic E-state index is 0.425. The Labute approximate surface area is 127 Å². The largest absolute Gasteiger partial charge is 0.377 e. The number of morpholine rings is 1. The Balaban J connectivity index is 2.23. The van der Waals surface area contributed by atoms with E-state index >= 15 is 0 Å². The van der Waals surface area contributed by atoms with Crippen molar-refractivity contribution in [1.29, 1.82) is 0 Å². The molecule has 0 saturated carbocycles. The van der Waals surface area contributed by atoms with E-state index in [-0.39, 0.29) is 0 Å². The van der Waals surface area contributed by atoms with Gasteiger partial charge in [0.2, 0.25) is 0 Å². The van der Waals surface area contributed by atoms with Gasteiger partial charge >= 0.3 is 0 Å². The number of benzene rings is 1. The molecule has 0 aliphatic carbocycles. The van der Waals surface area contributed by atoms with Crippen molar-refractivity contribution in [3.63, 3.8) is 0 Å². The van der Waals surface area contributed by atoms with Gasteiger partial charge in [-0.05, 0) is 31.0 Å². The van der Waals surface area contributed by atoms with Gasteiger partial charge in [0.15, 0.2) is 0 Å². The molecule has 0 bridgehead atoms. The molecule has 0 spiro atoms. The molecule has 0 amide bonds. The Bertz CT molecular complexity index is 425. The van der Waals surface area contributed by atoms with Crippen molar-refractivity contribution in [2.75, 3.05) is 31.2 Å². The van der Waals surface area contributed by atoms with Gasteiger partial charge in [-0.15, -0.1) is 0 Å². The van der Waals surface area contributed by atoms with Crippen LogP contribution in [0.1, 0.15) is 32.3 Å². The summed E-state index contributed by atoms with van der Waals surface area (Å²) in [6.45, 7) is 8.79. The van der Waals surface area contributed by atoms with Crippen LogP contribution >= 0.6 is 11.6 Å². The first-order chi connectivity index (χ1) is 9.77. The molecule has 1 unspecified atom stereocenters. The van der Waals surface area contributed by atoms with E-state index < -0.39 is 0 Å². The molecule has 1 aliphatic heterocycles. The quantitative estimate of drug-likeness (QED) is 0.814. The average molecular weight is 297 g/mol. The molecule has 1 saturated heterocycles. The number of ether oxygens (including phenoxy) is 1. The van der Waals surface area contributed by atoms with Crippen molar-refractivity contribution in [2.24, 2.45) is 0 Å². The number of rotatable bonds is 6. The van der Waals surface area contributed by atoms with E-state index in [1.807, 2.05) is 12.1 Å². The topological polar surface area (TPSA) is 24.5 Å². The molecular weight excluding hydrogens is 272 g/mol. The zero-order chi connectivity index (χ0) is 14.4. The third-order valence-corrected chi connectivity index (χ3v) is 4.10. The van der Waals surface area contributed by atoms with Crippen LogP contribution in [0.3, 0.4) is 0 Å². The molecule has 1 atom stereocenters. The lowest BCUT2D eigenvalue weighted by Crippen LogP contribution is -2.46. The van der Waals surface area contributed by atoms with Gasteiger partial charge in [0, 0.05) is 13.1 Å². The van der Waals surface area contributed by atoms with Gasteiger partial charge in [0.05, 0.1) is 30.0 Å². The minimum Gasteiger partial charge on any atom is -0.377 e. The first-order valence-corrected chi connectivity index (χ1v) is 7.98. The van der Waals surface area contributed by atoms with Gasteiger partial charge < -0.3 is 15.0 Å². The zero-order valence-electron chi connectivity index (χ0n) is 12.5.